The van der Waals surface area contributed by atoms with Gasteiger partial charge in [-0.25, -0.2) is 9.69 Å². The van der Waals surface area contributed by atoms with Gasteiger partial charge in [-0.15, -0.1) is 11.3 Å². The van der Waals surface area contributed by atoms with Gasteiger partial charge in [-0.05, 0) is 23.6 Å². The van der Waals surface area contributed by atoms with Crippen molar-refractivity contribution in [2.75, 3.05) is 4.90 Å². The molecule has 2 aliphatic rings. The molecule has 0 saturated carbocycles. The first-order valence-electron chi connectivity index (χ1n) is 7.52. The van der Waals surface area contributed by atoms with Gasteiger partial charge in [0.15, 0.2) is 0 Å². The minimum absolute atomic E-state index is 0.0593. The molecule has 1 aromatic heterocycles. The first-order valence-corrected chi connectivity index (χ1v) is 8.40. The number of aromatic carboxylic acids is 1. The van der Waals surface area contributed by atoms with Gasteiger partial charge in [0.1, 0.15) is 11.6 Å². The minimum Gasteiger partial charge on any atom is -0.478 e. The molecule has 2 aromatic rings. The van der Waals surface area contributed by atoms with E-state index in [1.807, 2.05) is 0 Å². The zero-order chi connectivity index (χ0) is 18.4. The molecular weight excluding hydrogens is 360 g/mol. The summed E-state index contributed by atoms with van der Waals surface area (Å²) in [5, 5.41) is 14.7. The van der Waals surface area contributed by atoms with Crippen molar-refractivity contribution < 1.29 is 29.1 Å². The van der Waals surface area contributed by atoms with Crippen LogP contribution in [0.1, 0.15) is 20.0 Å². The summed E-state index contributed by atoms with van der Waals surface area (Å²) in [7, 11) is 0. The molecule has 0 spiro atoms. The first-order chi connectivity index (χ1) is 12.5. The summed E-state index contributed by atoms with van der Waals surface area (Å²) < 4.78 is 0. The van der Waals surface area contributed by atoms with Crippen LogP contribution in [-0.2, 0) is 14.4 Å². The Bertz CT molecular complexity index is 981. The van der Waals surface area contributed by atoms with Crippen molar-refractivity contribution in [2.24, 2.45) is 11.1 Å². The van der Waals surface area contributed by atoms with E-state index in [2.05, 4.69) is 5.16 Å². The van der Waals surface area contributed by atoms with Gasteiger partial charge >= 0.3 is 5.97 Å². The third kappa shape index (κ3) is 2.25. The summed E-state index contributed by atoms with van der Waals surface area (Å²) >= 11 is 1.18. The number of amides is 2. The van der Waals surface area contributed by atoms with E-state index in [1.54, 1.807) is 17.5 Å². The van der Waals surface area contributed by atoms with Gasteiger partial charge < -0.3 is 9.94 Å². The molecule has 0 aliphatic carbocycles. The zero-order valence-corrected chi connectivity index (χ0v) is 13.8. The summed E-state index contributed by atoms with van der Waals surface area (Å²) in [4.78, 5) is 55.6. The lowest BCUT2D eigenvalue weighted by Crippen LogP contribution is -2.35. The number of thiophene rings is 1. The van der Waals surface area contributed by atoms with Crippen molar-refractivity contribution in [3.8, 4) is 0 Å². The number of carboxylic acid groups (broad SMARTS) is 1. The lowest BCUT2D eigenvalue weighted by atomic mass is 9.96. The molecule has 1 saturated heterocycles. The molecule has 0 unspecified atom stereocenters. The molecule has 2 amide bonds. The van der Waals surface area contributed by atoms with Crippen molar-refractivity contribution in [2.45, 2.75) is 6.10 Å². The maximum absolute atomic E-state index is 12.9. The molecule has 3 heterocycles. The number of anilines is 1. The Morgan fingerprint density at radius 3 is 2.58 bits per heavy atom. The number of imide groups is 1. The fourth-order valence-electron chi connectivity index (χ4n) is 2.99. The number of fused-ring (bicyclic) bond motifs is 1. The van der Waals surface area contributed by atoms with E-state index in [0.717, 1.165) is 4.90 Å². The van der Waals surface area contributed by atoms with Crippen LogP contribution in [0.5, 0.6) is 0 Å². The summed E-state index contributed by atoms with van der Waals surface area (Å²) in [5.74, 6) is -4.41. The Balaban J connectivity index is 1.72. The molecule has 1 fully saturated rings. The molecule has 26 heavy (non-hydrogen) atoms. The maximum Gasteiger partial charge on any atom is 0.337 e. The van der Waals surface area contributed by atoms with Crippen LogP contribution in [0.25, 0.3) is 0 Å². The second-order valence-corrected chi connectivity index (χ2v) is 6.57. The second-order valence-electron chi connectivity index (χ2n) is 5.62. The summed E-state index contributed by atoms with van der Waals surface area (Å²) in [6.45, 7) is 0. The predicted molar refractivity (Wildman–Crippen MR) is 90.3 cm³/mol. The molecule has 2 aliphatic heterocycles. The second kappa shape index (κ2) is 5.88. The van der Waals surface area contributed by atoms with Crippen LogP contribution < -0.4 is 4.90 Å². The van der Waals surface area contributed by atoms with Gasteiger partial charge in [0.05, 0.1) is 16.1 Å². The first kappa shape index (κ1) is 16.2. The molecule has 1 aromatic carbocycles. The number of rotatable bonds is 4. The van der Waals surface area contributed by atoms with E-state index in [9.17, 15) is 24.3 Å². The normalized spacial score (nSPS) is 21.4. The zero-order valence-electron chi connectivity index (χ0n) is 13.0. The average molecular weight is 370 g/mol. The summed E-state index contributed by atoms with van der Waals surface area (Å²) in [5.41, 5.74) is -0.403. The van der Waals surface area contributed by atoms with Gasteiger partial charge in [-0.1, -0.05) is 23.4 Å². The largest absolute Gasteiger partial charge is 0.478 e. The third-order valence-electron chi connectivity index (χ3n) is 4.17. The Morgan fingerprint density at radius 2 is 1.88 bits per heavy atom. The SMILES string of the molecule is O=C(C1=NO[C@@H]2C(=O)N(c3ccccc3C(=O)O)C(=O)[C@H]12)c1cccs1. The van der Waals surface area contributed by atoms with Crippen LogP contribution >= 0.6 is 11.3 Å². The van der Waals surface area contributed by atoms with Crippen LogP contribution in [0.3, 0.4) is 0 Å². The lowest BCUT2D eigenvalue weighted by Gasteiger charge is -2.17. The van der Waals surface area contributed by atoms with Gasteiger partial charge in [-0.2, -0.15) is 0 Å². The van der Waals surface area contributed by atoms with Crippen LogP contribution in [-0.4, -0.2) is 40.5 Å². The summed E-state index contributed by atoms with van der Waals surface area (Å²) in [6, 6.07) is 8.92. The molecule has 4 rings (SSSR count). The Labute approximate surface area is 150 Å². The number of nitrogens with zero attached hydrogens (tertiary/aromatic N) is 2. The van der Waals surface area contributed by atoms with Crippen molar-refractivity contribution in [1.82, 2.24) is 0 Å². The van der Waals surface area contributed by atoms with Gasteiger partial charge in [-0.3, -0.25) is 14.4 Å². The third-order valence-corrected chi connectivity index (χ3v) is 5.03. The van der Waals surface area contributed by atoms with E-state index in [1.165, 1.54) is 35.6 Å². The Hall–Kier alpha value is -3.33. The number of carboxylic acids is 1. The molecule has 0 bridgehead atoms. The fraction of sp³-hybridized carbons (Fsp3) is 0.118. The number of carbonyl (C=O) groups is 4. The van der Waals surface area contributed by atoms with Gasteiger partial charge in [0.25, 0.3) is 5.91 Å². The van der Waals surface area contributed by atoms with Crippen LogP contribution in [0, 0.1) is 5.92 Å². The molecular formula is C17H10N2O6S. The van der Waals surface area contributed by atoms with E-state index in [-0.39, 0.29) is 17.0 Å². The number of benzene rings is 1. The predicted octanol–water partition coefficient (Wildman–Crippen LogP) is 1.57. The average Bonchev–Trinajstić information content (AvgIpc) is 3.34. The number of oxime groups is 1. The topological polar surface area (TPSA) is 113 Å². The van der Waals surface area contributed by atoms with E-state index >= 15 is 0 Å². The van der Waals surface area contributed by atoms with Crippen molar-refractivity contribution in [3.63, 3.8) is 0 Å². The lowest BCUT2D eigenvalue weighted by molar-refractivity contribution is -0.126. The van der Waals surface area contributed by atoms with Gasteiger partial charge in [0, 0.05) is 0 Å². The quantitative estimate of drug-likeness (QED) is 0.646. The number of ketones is 1. The number of Topliss-reactive ketones (excluding diaryl/α,β-unsaturated/α-hetero) is 1. The highest BCUT2D eigenvalue weighted by molar-refractivity contribution is 7.13. The van der Waals surface area contributed by atoms with E-state index in [4.69, 9.17) is 4.84 Å². The number of carbonyl (C=O) groups excluding carboxylic acids is 3. The molecule has 8 nitrogen and oxygen atoms in total. The van der Waals surface area contributed by atoms with Crippen LogP contribution in [0.2, 0.25) is 0 Å². The van der Waals surface area contributed by atoms with Crippen molar-refractivity contribution in [3.05, 3.63) is 52.2 Å². The highest BCUT2D eigenvalue weighted by Gasteiger charge is 2.58. The standard InChI is InChI=1S/C17H10N2O6S/c20-13(10-6-3-7-26-10)12-11-14(25-18-12)16(22)19(15(11)21)9-5-2-1-4-8(9)17(23)24/h1-7,11,14H,(H,23,24)/t11-,14+/m1/s1. The van der Waals surface area contributed by atoms with Crippen LogP contribution in [0.4, 0.5) is 5.69 Å². The monoisotopic (exact) mass is 370 g/mol. The van der Waals surface area contributed by atoms with Crippen molar-refractivity contribution >= 4 is 46.3 Å². The summed E-state index contributed by atoms with van der Waals surface area (Å²) in [6.07, 6.45) is -1.26. The maximum atomic E-state index is 12.9. The smallest absolute Gasteiger partial charge is 0.337 e. The molecule has 9 heteroatoms. The highest BCUT2D eigenvalue weighted by atomic mass is 32.1. The fourth-order valence-corrected chi connectivity index (χ4v) is 3.66. The number of hydrogen-bond acceptors (Lipinski definition) is 7. The molecule has 1 N–H and O–H groups in total. The minimum atomic E-state index is -1.28. The Morgan fingerprint density at radius 1 is 1.12 bits per heavy atom. The Kier molecular flexibility index (Phi) is 3.66. The van der Waals surface area contributed by atoms with Gasteiger partial charge in [0.2, 0.25) is 17.8 Å². The van der Waals surface area contributed by atoms with E-state index in [0.29, 0.717) is 4.88 Å². The van der Waals surface area contributed by atoms with E-state index < -0.39 is 35.6 Å². The van der Waals surface area contributed by atoms with Crippen LogP contribution in [0.15, 0.2) is 46.9 Å². The highest BCUT2D eigenvalue weighted by Crippen LogP contribution is 2.35. The van der Waals surface area contributed by atoms with Crippen molar-refractivity contribution in [1.29, 1.82) is 0 Å². The molecule has 2 atom stereocenters. The number of hydrogen-bond donors (Lipinski definition) is 1. The molecule has 130 valence electrons. The molecule has 0 radical (unpaired) electrons. The number of para-hydroxylation sites is 1.